The quantitative estimate of drug-likeness (QED) is 0.633. The van der Waals surface area contributed by atoms with Gasteiger partial charge in [-0.25, -0.2) is 4.79 Å². The van der Waals surface area contributed by atoms with Gasteiger partial charge in [-0.1, -0.05) is 28.1 Å². The highest BCUT2D eigenvalue weighted by molar-refractivity contribution is 9.10. The molecule has 2 N–H and O–H groups in total. The summed E-state index contributed by atoms with van der Waals surface area (Å²) in [7, 11) is 0. The molecule has 0 heterocycles. The zero-order valence-corrected chi connectivity index (χ0v) is 12.3. The Morgan fingerprint density at radius 3 is 2.48 bits per heavy atom. The standard InChI is InChI=1S/C14H11BrN2O4/c15-10-3-1-9(2-4-10)8-16-13-6-5-11(17(20)21)7-12(13)14(18)19/h1-7,16H,8H2,(H,18,19). The second-order valence-corrected chi connectivity index (χ2v) is 5.19. The Labute approximate surface area is 128 Å². The highest BCUT2D eigenvalue weighted by Gasteiger charge is 2.15. The molecule has 0 aliphatic rings. The van der Waals surface area contributed by atoms with Crippen LogP contribution in [0.3, 0.4) is 0 Å². The number of nitrogens with zero attached hydrogens (tertiary/aromatic N) is 1. The topological polar surface area (TPSA) is 92.5 Å². The molecule has 0 aliphatic carbocycles. The molecule has 0 saturated carbocycles. The number of carboxylic acids is 1. The minimum absolute atomic E-state index is 0.124. The summed E-state index contributed by atoms with van der Waals surface area (Å²) in [5.74, 6) is -1.21. The molecule has 0 unspecified atom stereocenters. The average Bonchev–Trinajstić information content (AvgIpc) is 2.46. The Morgan fingerprint density at radius 2 is 1.90 bits per heavy atom. The molecule has 0 spiro atoms. The lowest BCUT2D eigenvalue weighted by Crippen LogP contribution is -2.07. The van der Waals surface area contributed by atoms with Gasteiger partial charge in [0.1, 0.15) is 0 Å². The van der Waals surface area contributed by atoms with Gasteiger partial charge in [0.2, 0.25) is 0 Å². The van der Waals surface area contributed by atoms with E-state index in [9.17, 15) is 14.9 Å². The maximum Gasteiger partial charge on any atom is 0.338 e. The number of aromatic carboxylic acids is 1. The van der Waals surface area contributed by atoms with Gasteiger partial charge in [-0.2, -0.15) is 0 Å². The van der Waals surface area contributed by atoms with Gasteiger partial charge in [-0.3, -0.25) is 10.1 Å². The van der Waals surface area contributed by atoms with Crippen LogP contribution < -0.4 is 5.32 Å². The lowest BCUT2D eigenvalue weighted by atomic mass is 10.1. The van der Waals surface area contributed by atoms with Gasteiger partial charge in [-0.15, -0.1) is 0 Å². The molecule has 0 bridgehead atoms. The van der Waals surface area contributed by atoms with Crippen LogP contribution in [0.15, 0.2) is 46.9 Å². The first kappa shape index (κ1) is 15.0. The first-order chi connectivity index (χ1) is 9.97. The predicted molar refractivity (Wildman–Crippen MR) is 81.5 cm³/mol. The van der Waals surface area contributed by atoms with E-state index in [-0.39, 0.29) is 11.3 Å². The number of hydrogen-bond donors (Lipinski definition) is 2. The van der Waals surface area contributed by atoms with Gasteiger partial charge in [0.15, 0.2) is 0 Å². The monoisotopic (exact) mass is 350 g/mol. The van der Waals surface area contributed by atoms with Gasteiger partial charge >= 0.3 is 5.97 Å². The molecule has 0 radical (unpaired) electrons. The van der Waals surface area contributed by atoms with Gasteiger partial charge < -0.3 is 10.4 Å². The van der Waals surface area contributed by atoms with Crippen LogP contribution in [-0.4, -0.2) is 16.0 Å². The lowest BCUT2D eigenvalue weighted by Gasteiger charge is -2.09. The van der Waals surface area contributed by atoms with Crippen LogP contribution in [0, 0.1) is 10.1 Å². The summed E-state index contributed by atoms with van der Waals surface area (Å²) in [5, 5.41) is 22.8. The van der Waals surface area contributed by atoms with Gasteiger partial charge in [-0.05, 0) is 23.8 Å². The summed E-state index contributed by atoms with van der Waals surface area (Å²) in [6, 6.07) is 11.3. The first-order valence-corrected chi connectivity index (χ1v) is 6.76. The Balaban J connectivity index is 2.21. The van der Waals surface area contributed by atoms with Crippen molar-refractivity contribution in [2.75, 3.05) is 5.32 Å². The third kappa shape index (κ3) is 3.79. The van der Waals surface area contributed by atoms with Crippen molar-refractivity contribution >= 4 is 33.3 Å². The molecule has 0 aliphatic heterocycles. The van der Waals surface area contributed by atoms with E-state index in [0.717, 1.165) is 16.1 Å². The number of nitro groups is 1. The summed E-state index contributed by atoms with van der Waals surface area (Å²) in [4.78, 5) is 21.2. The second-order valence-electron chi connectivity index (χ2n) is 4.27. The van der Waals surface area contributed by atoms with Crippen molar-refractivity contribution in [1.82, 2.24) is 0 Å². The number of benzene rings is 2. The van der Waals surface area contributed by atoms with E-state index in [1.807, 2.05) is 24.3 Å². The van der Waals surface area contributed by atoms with Gasteiger partial charge in [0.05, 0.1) is 10.5 Å². The molecular weight excluding hydrogens is 340 g/mol. The fraction of sp³-hybridized carbons (Fsp3) is 0.0714. The third-order valence-electron chi connectivity index (χ3n) is 2.84. The molecule has 21 heavy (non-hydrogen) atoms. The van der Waals surface area contributed by atoms with E-state index in [2.05, 4.69) is 21.2 Å². The summed E-state index contributed by atoms with van der Waals surface area (Å²) >= 11 is 3.33. The molecule has 0 fully saturated rings. The molecule has 7 heteroatoms. The molecule has 6 nitrogen and oxygen atoms in total. The third-order valence-corrected chi connectivity index (χ3v) is 3.37. The largest absolute Gasteiger partial charge is 0.478 e. The number of carbonyl (C=O) groups is 1. The van der Waals surface area contributed by atoms with Crippen molar-refractivity contribution in [2.24, 2.45) is 0 Å². The van der Waals surface area contributed by atoms with Crippen LogP contribution in [0.5, 0.6) is 0 Å². The fourth-order valence-electron chi connectivity index (χ4n) is 1.78. The molecule has 2 rings (SSSR count). The van der Waals surface area contributed by atoms with Crippen molar-refractivity contribution in [3.8, 4) is 0 Å². The molecule has 108 valence electrons. The molecule has 0 amide bonds. The minimum Gasteiger partial charge on any atom is -0.478 e. The summed E-state index contributed by atoms with van der Waals surface area (Å²) in [5.41, 5.74) is 0.937. The van der Waals surface area contributed by atoms with Crippen molar-refractivity contribution in [2.45, 2.75) is 6.54 Å². The number of non-ortho nitro benzene ring substituents is 1. The SMILES string of the molecule is O=C(O)c1cc([N+](=O)[O-])ccc1NCc1ccc(Br)cc1. The van der Waals surface area contributed by atoms with Crippen molar-refractivity contribution in [3.05, 3.63) is 68.2 Å². The average molecular weight is 351 g/mol. The van der Waals surface area contributed by atoms with Crippen molar-refractivity contribution in [3.63, 3.8) is 0 Å². The molecule has 0 saturated heterocycles. The summed E-state index contributed by atoms with van der Waals surface area (Å²) < 4.78 is 0.952. The fourth-order valence-corrected chi connectivity index (χ4v) is 2.04. The summed E-state index contributed by atoms with van der Waals surface area (Å²) in [6.45, 7) is 0.422. The Hall–Kier alpha value is -2.41. The number of halogens is 1. The lowest BCUT2D eigenvalue weighted by molar-refractivity contribution is -0.384. The molecule has 2 aromatic rings. The number of carboxylic acid groups (broad SMARTS) is 1. The molecular formula is C14H11BrN2O4. The Morgan fingerprint density at radius 1 is 1.24 bits per heavy atom. The van der Waals surface area contributed by atoms with Crippen LogP contribution >= 0.6 is 15.9 Å². The van der Waals surface area contributed by atoms with E-state index in [1.54, 1.807) is 0 Å². The smallest absolute Gasteiger partial charge is 0.338 e. The number of nitro benzene ring substituents is 1. The van der Waals surface area contributed by atoms with Crippen LogP contribution in [0.25, 0.3) is 0 Å². The zero-order valence-electron chi connectivity index (χ0n) is 10.7. The number of anilines is 1. The molecule has 0 atom stereocenters. The van der Waals surface area contributed by atoms with Gasteiger partial charge in [0.25, 0.3) is 5.69 Å². The minimum atomic E-state index is -1.21. The normalized spacial score (nSPS) is 10.1. The Kier molecular flexibility index (Phi) is 4.54. The molecule has 0 aromatic heterocycles. The molecule has 2 aromatic carbocycles. The van der Waals surface area contributed by atoms with Crippen molar-refractivity contribution in [1.29, 1.82) is 0 Å². The summed E-state index contributed by atoms with van der Waals surface area (Å²) in [6.07, 6.45) is 0. The van der Waals surface area contributed by atoms with E-state index in [1.165, 1.54) is 12.1 Å². The van der Waals surface area contributed by atoms with Crippen LogP contribution in [0.1, 0.15) is 15.9 Å². The van der Waals surface area contributed by atoms with Crippen LogP contribution in [0.2, 0.25) is 0 Å². The first-order valence-electron chi connectivity index (χ1n) is 5.97. The number of hydrogen-bond acceptors (Lipinski definition) is 4. The van der Waals surface area contributed by atoms with Gasteiger partial charge in [0, 0.05) is 28.8 Å². The maximum absolute atomic E-state index is 11.2. The van der Waals surface area contributed by atoms with Crippen LogP contribution in [-0.2, 0) is 6.54 Å². The van der Waals surface area contributed by atoms with E-state index < -0.39 is 10.9 Å². The zero-order chi connectivity index (χ0) is 15.4. The van der Waals surface area contributed by atoms with Crippen molar-refractivity contribution < 1.29 is 14.8 Å². The Bertz CT molecular complexity index is 686. The van der Waals surface area contributed by atoms with E-state index >= 15 is 0 Å². The van der Waals surface area contributed by atoms with E-state index in [0.29, 0.717) is 12.2 Å². The van der Waals surface area contributed by atoms with Crippen LogP contribution in [0.4, 0.5) is 11.4 Å². The van der Waals surface area contributed by atoms with E-state index in [4.69, 9.17) is 5.11 Å². The maximum atomic E-state index is 11.2. The predicted octanol–water partition coefficient (Wildman–Crippen LogP) is 3.67. The number of nitrogens with one attached hydrogen (secondary N) is 1. The number of rotatable bonds is 5. The second kappa shape index (κ2) is 6.36. The highest BCUT2D eigenvalue weighted by atomic mass is 79.9. The highest BCUT2D eigenvalue weighted by Crippen LogP contribution is 2.23.